The fourth-order valence-electron chi connectivity index (χ4n) is 2.11. The van der Waals surface area contributed by atoms with Gasteiger partial charge in [-0.25, -0.2) is 13.4 Å². The monoisotopic (exact) mass is 374 g/mol. The summed E-state index contributed by atoms with van der Waals surface area (Å²) in [5.74, 6) is 1.42. The van der Waals surface area contributed by atoms with Crippen LogP contribution < -0.4 is 11.1 Å². The highest BCUT2D eigenvalue weighted by Gasteiger charge is 2.16. The van der Waals surface area contributed by atoms with E-state index in [0.717, 1.165) is 6.26 Å². The molecule has 3 rings (SSSR count). The zero-order valence-corrected chi connectivity index (χ0v) is 15.3. The van der Waals surface area contributed by atoms with Crippen LogP contribution in [-0.2, 0) is 9.84 Å². The number of aromatic nitrogens is 4. The maximum Gasteiger partial charge on any atom is 0.263 e. The number of nitrogens with one attached hydrogen (secondary N) is 1. The van der Waals surface area contributed by atoms with E-state index in [0.29, 0.717) is 17.1 Å². The normalized spacial score (nSPS) is 11.7. The Morgan fingerprint density at radius 2 is 1.85 bits per heavy atom. The second kappa shape index (κ2) is 6.71. The highest BCUT2D eigenvalue weighted by molar-refractivity contribution is 7.90. The van der Waals surface area contributed by atoms with Gasteiger partial charge in [-0.1, -0.05) is 19.0 Å². The Labute approximate surface area is 150 Å². The molecule has 26 heavy (non-hydrogen) atoms. The zero-order valence-electron chi connectivity index (χ0n) is 14.5. The van der Waals surface area contributed by atoms with E-state index in [1.807, 2.05) is 13.8 Å². The lowest BCUT2D eigenvalue weighted by atomic mass is 10.2. The van der Waals surface area contributed by atoms with Gasteiger partial charge in [0.05, 0.1) is 4.90 Å². The highest BCUT2D eigenvalue weighted by atomic mass is 32.2. The second-order valence-corrected chi connectivity index (χ2v) is 8.04. The second-order valence-electron chi connectivity index (χ2n) is 6.03. The lowest BCUT2D eigenvalue weighted by Gasteiger charge is -2.07. The van der Waals surface area contributed by atoms with Gasteiger partial charge in [-0.3, -0.25) is 0 Å². The summed E-state index contributed by atoms with van der Waals surface area (Å²) in [6, 6.07) is 6.25. The summed E-state index contributed by atoms with van der Waals surface area (Å²) in [6.45, 7) is 3.91. The summed E-state index contributed by atoms with van der Waals surface area (Å²) < 4.78 is 28.2. The molecule has 0 bridgehead atoms. The average Bonchev–Trinajstić information content (AvgIpc) is 3.04. The summed E-state index contributed by atoms with van der Waals surface area (Å²) in [4.78, 5) is 12.9. The number of rotatable bonds is 5. The molecule has 0 saturated heterocycles. The molecular weight excluding hydrogens is 356 g/mol. The highest BCUT2D eigenvalue weighted by Crippen LogP contribution is 2.25. The van der Waals surface area contributed by atoms with E-state index in [-0.39, 0.29) is 28.5 Å². The first-order valence-corrected chi connectivity index (χ1v) is 9.67. The van der Waals surface area contributed by atoms with Crippen molar-refractivity contribution in [3.05, 3.63) is 36.3 Å². The summed E-state index contributed by atoms with van der Waals surface area (Å²) in [7, 11) is -3.24. The molecule has 10 heteroatoms. The Morgan fingerprint density at radius 3 is 2.38 bits per heavy atom. The van der Waals surface area contributed by atoms with E-state index < -0.39 is 9.84 Å². The molecule has 136 valence electrons. The van der Waals surface area contributed by atoms with E-state index in [1.165, 1.54) is 18.3 Å². The summed E-state index contributed by atoms with van der Waals surface area (Å²) in [6.07, 6.45) is 2.65. The van der Waals surface area contributed by atoms with E-state index in [1.54, 1.807) is 12.1 Å². The number of nitrogens with two attached hydrogens (primary N) is 1. The average molecular weight is 374 g/mol. The minimum atomic E-state index is -3.24. The summed E-state index contributed by atoms with van der Waals surface area (Å²) >= 11 is 0. The van der Waals surface area contributed by atoms with Crippen LogP contribution in [0.1, 0.15) is 25.6 Å². The van der Waals surface area contributed by atoms with E-state index in [9.17, 15) is 8.42 Å². The van der Waals surface area contributed by atoms with Crippen LogP contribution in [0.5, 0.6) is 0 Å². The molecular formula is C16H18N6O3S. The molecule has 0 aliphatic rings. The Hall–Kier alpha value is -3.01. The van der Waals surface area contributed by atoms with Crippen molar-refractivity contribution in [3.63, 3.8) is 0 Å². The van der Waals surface area contributed by atoms with Crippen LogP contribution in [0.25, 0.3) is 11.5 Å². The number of nitrogen functional groups attached to an aromatic ring is 1. The van der Waals surface area contributed by atoms with Gasteiger partial charge < -0.3 is 15.6 Å². The first-order valence-electron chi connectivity index (χ1n) is 7.77. The van der Waals surface area contributed by atoms with Crippen molar-refractivity contribution in [2.45, 2.75) is 24.7 Å². The van der Waals surface area contributed by atoms with Gasteiger partial charge in [-0.05, 0) is 24.3 Å². The predicted octanol–water partition coefficient (Wildman–Crippen LogP) is 2.38. The van der Waals surface area contributed by atoms with E-state index >= 15 is 0 Å². The molecule has 0 unspecified atom stereocenters. The fourth-order valence-corrected chi connectivity index (χ4v) is 2.74. The smallest absolute Gasteiger partial charge is 0.263 e. The topological polar surface area (TPSA) is 137 Å². The molecule has 0 amide bonds. The molecule has 9 nitrogen and oxygen atoms in total. The first-order chi connectivity index (χ1) is 12.2. The maximum absolute atomic E-state index is 11.5. The van der Waals surface area contributed by atoms with Crippen LogP contribution in [0.3, 0.4) is 0 Å². The summed E-state index contributed by atoms with van der Waals surface area (Å²) in [5, 5.41) is 6.85. The SMILES string of the molecule is CC(C)c1noc(-c2cnc(Nc3ccc(S(C)(=O)=O)cc3)nc2N)n1. The van der Waals surface area contributed by atoms with Crippen LogP contribution in [0.15, 0.2) is 39.9 Å². The van der Waals surface area contributed by atoms with Gasteiger partial charge in [0.1, 0.15) is 11.4 Å². The van der Waals surface area contributed by atoms with Gasteiger partial charge in [0.2, 0.25) is 5.95 Å². The largest absolute Gasteiger partial charge is 0.383 e. The molecule has 0 fully saturated rings. The van der Waals surface area contributed by atoms with Crippen molar-refractivity contribution < 1.29 is 12.9 Å². The van der Waals surface area contributed by atoms with Crippen LogP contribution in [0, 0.1) is 0 Å². The van der Waals surface area contributed by atoms with Crippen molar-refractivity contribution in [2.24, 2.45) is 0 Å². The Kier molecular flexibility index (Phi) is 4.60. The third kappa shape index (κ3) is 3.80. The van der Waals surface area contributed by atoms with Gasteiger partial charge in [-0.15, -0.1) is 0 Å². The molecule has 2 heterocycles. The Morgan fingerprint density at radius 1 is 1.15 bits per heavy atom. The molecule has 0 atom stereocenters. The number of anilines is 3. The Bertz CT molecular complexity index is 1030. The standard InChI is InChI=1S/C16H18N6O3S/c1-9(2)14-21-15(25-22-14)12-8-18-16(20-13(12)17)19-10-4-6-11(7-5-10)26(3,23)24/h4-9H,1-3H3,(H3,17,18,19,20). The molecule has 2 aromatic heterocycles. The van der Waals surface area contributed by atoms with Crippen LogP contribution in [0.4, 0.5) is 17.5 Å². The number of sulfone groups is 1. The van der Waals surface area contributed by atoms with E-state index in [2.05, 4.69) is 25.4 Å². The molecule has 0 aliphatic carbocycles. The van der Waals surface area contributed by atoms with Crippen LogP contribution >= 0.6 is 0 Å². The van der Waals surface area contributed by atoms with Gasteiger partial charge in [0.25, 0.3) is 5.89 Å². The molecule has 0 saturated carbocycles. The lowest BCUT2D eigenvalue weighted by Crippen LogP contribution is -2.03. The molecule has 0 radical (unpaired) electrons. The van der Waals surface area contributed by atoms with Crippen molar-refractivity contribution in [3.8, 4) is 11.5 Å². The Balaban J connectivity index is 1.81. The molecule has 0 aliphatic heterocycles. The zero-order chi connectivity index (χ0) is 18.9. The first kappa shape index (κ1) is 17.8. The van der Waals surface area contributed by atoms with Crippen LogP contribution in [0.2, 0.25) is 0 Å². The van der Waals surface area contributed by atoms with Gasteiger partial charge in [0, 0.05) is 24.1 Å². The quantitative estimate of drug-likeness (QED) is 0.689. The van der Waals surface area contributed by atoms with Gasteiger partial charge in [-0.2, -0.15) is 9.97 Å². The van der Waals surface area contributed by atoms with Crippen LogP contribution in [-0.4, -0.2) is 34.8 Å². The fraction of sp³-hybridized carbons (Fsp3) is 0.250. The van der Waals surface area contributed by atoms with Gasteiger partial charge in [0.15, 0.2) is 15.7 Å². The molecule has 1 aromatic carbocycles. The van der Waals surface area contributed by atoms with Crippen molar-refractivity contribution >= 4 is 27.3 Å². The predicted molar refractivity (Wildman–Crippen MR) is 96.7 cm³/mol. The number of benzene rings is 1. The molecule has 0 spiro atoms. The van der Waals surface area contributed by atoms with Crippen molar-refractivity contribution in [1.82, 2.24) is 20.1 Å². The molecule has 3 aromatic rings. The number of nitrogens with zero attached hydrogens (tertiary/aromatic N) is 4. The maximum atomic E-state index is 11.5. The van der Waals surface area contributed by atoms with E-state index in [4.69, 9.17) is 10.3 Å². The van der Waals surface area contributed by atoms with Crippen molar-refractivity contribution in [2.75, 3.05) is 17.3 Å². The minimum Gasteiger partial charge on any atom is -0.383 e. The minimum absolute atomic E-state index is 0.130. The third-order valence-corrected chi connectivity index (χ3v) is 4.67. The number of hydrogen-bond donors (Lipinski definition) is 2. The lowest BCUT2D eigenvalue weighted by molar-refractivity contribution is 0.419. The third-order valence-electron chi connectivity index (χ3n) is 3.55. The van der Waals surface area contributed by atoms with Gasteiger partial charge >= 0.3 is 0 Å². The van der Waals surface area contributed by atoms with Crippen molar-refractivity contribution in [1.29, 1.82) is 0 Å². The summed E-state index contributed by atoms with van der Waals surface area (Å²) in [5.41, 5.74) is 7.05. The number of hydrogen-bond acceptors (Lipinski definition) is 9. The molecule has 3 N–H and O–H groups in total.